The summed E-state index contributed by atoms with van der Waals surface area (Å²) < 4.78 is 2.04. The van der Waals surface area contributed by atoms with Crippen LogP contribution in [0, 0.1) is 6.57 Å². The predicted octanol–water partition coefficient (Wildman–Crippen LogP) is 5.38. The van der Waals surface area contributed by atoms with Gasteiger partial charge in [-0.1, -0.05) is 29.8 Å². The third kappa shape index (κ3) is 3.67. The Kier molecular flexibility index (Phi) is 5.05. The normalized spacial score (nSPS) is 17.0. The third-order valence-corrected chi connectivity index (χ3v) is 6.21. The summed E-state index contributed by atoms with van der Waals surface area (Å²) in [4.78, 5) is 21.0. The highest BCUT2D eigenvalue weighted by atomic mass is 35.5. The van der Waals surface area contributed by atoms with Crippen molar-refractivity contribution in [2.75, 3.05) is 5.32 Å². The molecule has 154 valence electrons. The minimum atomic E-state index is -1.34. The van der Waals surface area contributed by atoms with Crippen LogP contribution in [-0.4, -0.2) is 20.6 Å². The fourth-order valence-electron chi connectivity index (χ4n) is 4.07. The van der Waals surface area contributed by atoms with Crippen LogP contribution in [0.1, 0.15) is 45.1 Å². The lowest BCUT2D eigenvalue weighted by molar-refractivity contribution is -0.120. The SMILES string of the molecule is [C-]#[N+]c1ccc2nc(NC(=O)C[C@](C)(O)c3ccc(Cl)cc3)n(C3(C)CCC3)c2c1. The summed E-state index contributed by atoms with van der Waals surface area (Å²) in [5, 5.41) is 14.3. The monoisotopic (exact) mass is 422 g/mol. The molecule has 1 saturated carbocycles. The third-order valence-electron chi connectivity index (χ3n) is 5.96. The van der Waals surface area contributed by atoms with Crippen LogP contribution in [0.5, 0.6) is 0 Å². The number of nitrogens with zero attached hydrogens (tertiary/aromatic N) is 3. The second-order valence-corrected chi connectivity index (χ2v) is 8.85. The largest absolute Gasteiger partial charge is 0.385 e. The van der Waals surface area contributed by atoms with E-state index in [1.165, 1.54) is 0 Å². The average molecular weight is 423 g/mol. The van der Waals surface area contributed by atoms with E-state index in [9.17, 15) is 9.90 Å². The number of rotatable bonds is 5. The lowest BCUT2D eigenvalue weighted by atomic mass is 9.78. The molecule has 1 aliphatic carbocycles. The molecule has 2 aromatic carbocycles. The van der Waals surface area contributed by atoms with Crippen molar-refractivity contribution in [2.24, 2.45) is 0 Å². The molecule has 3 aromatic rings. The van der Waals surface area contributed by atoms with Gasteiger partial charge in [0.25, 0.3) is 0 Å². The zero-order valence-corrected chi connectivity index (χ0v) is 17.7. The van der Waals surface area contributed by atoms with Crippen LogP contribution < -0.4 is 5.32 Å². The summed E-state index contributed by atoms with van der Waals surface area (Å²) in [7, 11) is 0. The summed E-state index contributed by atoms with van der Waals surface area (Å²) in [6.45, 7) is 11.1. The van der Waals surface area contributed by atoms with Crippen molar-refractivity contribution in [1.82, 2.24) is 9.55 Å². The van der Waals surface area contributed by atoms with Crippen LogP contribution in [0.15, 0.2) is 42.5 Å². The van der Waals surface area contributed by atoms with E-state index in [0.29, 0.717) is 22.2 Å². The number of carbonyl (C=O) groups is 1. The maximum Gasteiger partial charge on any atom is 0.229 e. The van der Waals surface area contributed by atoms with Gasteiger partial charge in [-0.15, -0.1) is 0 Å². The highest BCUT2D eigenvalue weighted by Gasteiger charge is 2.37. The molecule has 0 unspecified atom stereocenters. The summed E-state index contributed by atoms with van der Waals surface area (Å²) >= 11 is 5.92. The number of hydrogen-bond acceptors (Lipinski definition) is 3. The van der Waals surface area contributed by atoms with Crippen molar-refractivity contribution in [3.8, 4) is 0 Å². The molecule has 7 heteroatoms. The number of anilines is 1. The van der Waals surface area contributed by atoms with Gasteiger partial charge in [-0.25, -0.2) is 9.83 Å². The van der Waals surface area contributed by atoms with E-state index in [4.69, 9.17) is 18.2 Å². The Morgan fingerprint density at radius 1 is 1.33 bits per heavy atom. The minimum absolute atomic E-state index is 0.123. The lowest BCUT2D eigenvalue weighted by Gasteiger charge is -2.41. The second kappa shape index (κ2) is 7.42. The predicted molar refractivity (Wildman–Crippen MR) is 118 cm³/mol. The van der Waals surface area contributed by atoms with Crippen LogP contribution in [0.2, 0.25) is 5.02 Å². The molecule has 1 fully saturated rings. The molecule has 1 amide bonds. The first-order valence-corrected chi connectivity index (χ1v) is 10.3. The highest BCUT2D eigenvalue weighted by molar-refractivity contribution is 6.30. The van der Waals surface area contributed by atoms with Gasteiger partial charge >= 0.3 is 0 Å². The number of imidazole rings is 1. The zero-order valence-electron chi connectivity index (χ0n) is 16.9. The lowest BCUT2D eigenvalue weighted by Crippen LogP contribution is -2.38. The Hall–Kier alpha value is -2.88. The molecule has 0 spiro atoms. The number of benzene rings is 2. The first-order valence-electron chi connectivity index (χ1n) is 9.91. The van der Waals surface area contributed by atoms with Gasteiger partial charge in [-0.3, -0.25) is 10.1 Å². The Labute approximate surface area is 180 Å². The molecule has 6 nitrogen and oxygen atoms in total. The maximum atomic E-state index is 12.9. The Balaban J connectivity index is 1.65. The molecule has 1 aromatic heterocycles. The minimum Gasteiger partial charge on any atom is -0.385 e. The molecule has 0 bridgehead atoms. The fourth-order valence-corrected chi connectivity index (χ4v) is 4.19. The first kappa shape index (κ1) is 20.4. The zero-order chi connectivity index (χ0) is 21.5. The van der Waals surface area contributed by atoms with E-state index >= 15 is 0 Å². The Bertz CT molecular complexity index is 1150. The van der Waals surface area contributed by atoms with Crippen molar-refractivity contribution < 1.29 is 9.90 Å². The van der Waals surface area contributed by atoms with Crippen molar-refractivity contribution in [3.05, 3.63) is 64.5 Å². The van der Waals surface area contributed by atoms with Crippen molar-refractivity contribution in [3.63, 3.8) is 0 Å². The average Bonchev–Trinajstić information content (AvgIpc) is 3.02. The van der Waals surface area contributed by atoms with Crippen molar-refractivity contribution in [1.29, 1.82) is 0 Å². The fraction of sp³-hybridized carbons (Fsp3) is 0.348. The molecule has 1 heterocycles. The quantitative estimate of drug-likeness (QED) is 0.542. The number of aliphatic hydroxyl groups is 1. The van der Waals surface area contributed by atoms with Crippen LogP contribution in [0.3, 0.4) is 0 Å². The summed E-state index contributed by atoms with van der Waals surface area (Å²) in [6.07, 6.45) is 2.94. The van der Waals surface area contributed by atoms with Crippen LogP contribution in [0.4, 0.5) is 11.6 Å². The smallest absolute Gasteiger partial charge is 0.229 e. The van der Waals surface area contributed by atoms with E-state index in [1.54, 1.807) is 43.3 Å². The number of amides is 1. The number of nitrogens with one attached hydrogen (secondary N) is 1. The van der Waals surface area contributed by atoms with Gasteiger partial charge in [-0.2, -0.15) is 0 Å². The standard InChI is InChI=1S/C23H23ClN4O2/c1-22(11-4-12-22)28-19-13-17(25-3)9-10-18(19)26-21(28)27-20(29)14-23(2,30)15-5-7-16(24)8-6-15/h5-10,13,30H,4,11-12,14H2,1-2H3,(H,26,27,29)/t23-/m0/s1. The highest BCUT2D eigenvalue weighted by Crippen LogP contribution is 2.43. The number of carbonyl (C=O) groups excluding carboxylic acids is 1. The molecule has 1 aliphatic rings. The summed E-state index contributed by atoms with van der Waals surface area (Å²) in [6, 6.07) is 12.2. The van der Waals surface area contributed by atoms with E-state index in [0.717, 1.165) is 30.3 Å². The van der Waals surface area contributed by atoms with Gasteiger partial charge in [-0.05, 0) is 62.9 Å². The maximum absolute atomic E-state index is 12.9. The number of fused-ring (bicyclic) bond motifs is 1. The van der Waals surface area contributed by atoms with E-state index in [1.807, 2.05) is 10.6 Å². The van der Waals surface area contributed by atoms with E-state index in [-0.39, 0.29) is 17.9 Å². The van der Waals surface area contributed by atoms with E-state index < -0.39 is 5.60 Å². The molecular weight excluding hydrogens is 400 g/mol. The van der Waals surface area contributed by atoms with Crippen LogP contribution in [0.25, 0.3) is 15.9 Å². The topological polar surface area (TPSA) is 71.5 Å². The molecule has 2 N–H and O–H groups in total. The number of halogens is 1. The summed E-state index contributed by atoms with van der Waals surface area (Å²) in [5.41, 5.74) is 1.22. The first-order chi connectivity index (χ1) is 14.2. The number of aromatic nitrogens is 2. The molecule has 30 heavy (non-hydrogen) atoms. The van der Waals surface area contributed by atoms with E-state index in [2.05, 4.69) is 22.1 Å². The van der Waals surface area contributed by atoms with Gasteiger partial charge in [0.05, 0.1) is 29.6 Å². The molecular formula is C23H23ClN4O2. The molecule has 0 radical (unpaired) electrons. The van der Waals surface area contributed by atoms with Gasteiger partial charge in [0.2, 0.25) is 11.9 Å². The van der Waals surface area contributed by atoms with Crippen LogP contribution >= 0.6 is 11.6 Å². The van der Waals surface area contributed by atoms with Gasteiger partial charge < -0.3 is 9.67 Å². The Morgan fingerprint density at radius 2 is 2.03 bits per heavy atom. The molecule has 0 saturated heterocycles. The van der Waals surface area contributed by atoms with Gasteiger partial charge in [0.1, 0.15) is 0 Å². The molecule has 1 atom stereocenters. The Morgan fingerprint density at radius 3 is 2.63 bits per heavy atom. The molecule has 4 rings (SSSR count). The van der Waals surface area contributed by atoms with Crippen molar-refractivity contribution >= 4 is 40.2 Å². The van der Waals surface area contributed by atoms with Crippen molar-refractivity contribution in [2.45, 2.75) is 50.7 Å². The molecule has 0 aliphatic heterocycles. The number of hydrogen-bond donors (Lipinski definition) is 2. The summed E-state index contributed by atoms with van der Waals surface area (Å²) in [5.74, 6) is 0.117. The van der Waals surface area contributed by atoms with Crippen LogP contribution in [-0.2, 0) is 15.9 Å². The van der Waals surface area contributed by atoms with Gasteiger partial charge in [0, 0.05) is 10.6 Å². The second-order valence-electron chi connectivity index (χ2n) is 8.41. The van der Waals surface area contributed by atoms with Gasteiger partial charge in [0.15, 0.2) is 5.69 Å².